The van der Waals surface area contributed by atoms with Gasteiger partial charge in [0.25, 0.3) is 11.6 Å². The van der Waals surface area contributed by atoms with E-state index in [0.29, 0.717) is 5.56 Å². The van der Waals surface area contributed by atoms with E-state index >= 15 is 0 Å². The van der Waals surface area contributed by atoms with E-state index in [0.717, 1.165) is 4.90 Å². The van der Waals surface area contributed by atoms with Gasteiger partial charge in [-0.25, -0.2) is 0 Å². The summed E-state index contributed by atoms with van der Waals surface area (Å²) in [6, 6.07) is 3.96. The first-order valence-corrected chi connectivity index (χ1v) is 5.27. The molecule has 0 saturated carbocycles. The van der Waals surface area contributed by atoms with Gasteiger partial charge in [-0.05, 0) is 5.56 Å². The summed E-state index contributed by atoms with van der Waals surface area (Å²) in [5.41, 5.74) is 0.580. The molecule has 0 atom stereocenters. The molecule has 0 saturated heterocycles. The van der Waals surface area contributed by atoms with Crippen LogP contribution >= 0.6 is 0 Å². The molecular formula is C12H10N2O4. The number of fused-ring (bicyclic) bond motifs is 1. The summed E-state index contributed by atoms with van der Waals surface area (Å²) < 4.78 is 0. The standard InChI is InChI=1S/C12H10N2O4/c1-2-5-13-11(15)6-8-3-4-9(14(17)18)7-10(8)12(13)16/h2-4,7H,1,5-6H2. The third-order valence-electron chi connectivity index (χ3n) is 2.73. The van der Waals surface area contributed by atoms with Crippen LogP contribution in [0.4, 0.5) is 5.69 Å². The maximum atomic E-state index is 12.0. The number of amides is 2. The number of nitro groups is 1. The van der Waals surface area contributed by atoms with Gasteiger partial charge in [-0.2, -0.15) is 0 Å². The minimum atomic E-state index is -0.568. The molecule has 1 heterocycles. The van der Waals surface area contributed by atoms with Gasteiger partial charge in [0.2, 0.25) is 5.91 Å². The zero-order valence-corrected chi connectivity index (χ0v) is 9.46. The highest BCUT2D eigenvalue weighted by atomic mass is 16.6. The first-order chi connectivity index (χ1) is 8.54. The van der Waals surface area contributed by atoms with Crippen LogP contribution in [-0.2, 0) is 11.2 Å². The van der Waals surface area contributed by atoms with Crippen molar-refractivity contribution in [2.24, 2.45) is 0 Å². The SMILES string of the molecule is C=CCN1C(=O)Cc2ccc([N+](=O)[O-])cc2C1=O. The van der Waals surface area contributed by atoms with Crippen molar-refractivity contribution >= 4 is 17.5 Å². The van der Waals surface area contributed by atoms with Crippen molar-refractivity contribution in [3.05, 3.63) is 52.1 Å². The van der Waals surface area contributed by atoms with Crippen molar-refractivity contribution in [1.29, 1.82) is 0 Å². The number of benzene rings is 1. The Kier molecular flexibility index (Phi) is 2.93. The molecule has 1 aliphatic rings. The van der Waals surface area contributed by atoms with Gasteiger partial charge in [-0.15, -0.1) is 6.58 Å². The monoisotopic (exact) mass is 246 g/mol. The number of imide groups is 1. The number of hydrogen-bond donors (Lipinski definition) is 0. The normalized spacial score (nSPS) is 14.3. The summed E-state index contributed by atoms with van der Waals surface area (Å²) in [5.74, 6) is -0.828. The minimum Gasteiger partial charge on any atom is -0.274 e. The lowest BCUT2D eigenvalue weighted by molar-refractivity contribution is -0.384. The molecule has 1 aromatic carbocycles. The van der Waals surface area contributed by atoms with Gasteiger partial charge in [0.15, 0.2) is 0 Å². The molecule has 92 valence electrons. The first-order valence-electron chi connectivity index (χ1n) is 5.27. The molecule has 0 aliphatic carbocycles. The van der Waals surface area contributed by atoms with Gasteiger partial charge in [0.1, 0.15) is 0 Å². The Labute approximate surface area is 103 Å². The van der Waals surface area contributed by atoms with E-state index in [2.05, 4.69) is 6.58 Å². The van der Waals surface area contributed by atoms with Crippen molar-refractivity contribution < 1.29 is 14.5 Å². The molecule has 0 radical (unpaired) electrons. The fourth-order valence-corrected chi connectivity index (χ4v) is 1.86. The molecule has 0 bridgehead atoms. The van der Waals surface area contributed by atoms with E-state index in [9.17, 15) is 19.7 Å². The maximum Gasteiger partial charge on any atom is 0.270 e. The van der Waals surface area contributed by atoms with Crippen molar-refractivity contribution in [1.82, 2.24) is 4.90 Å². The minimum absolute atomic E-state index is 0.0763. The summed E-state index contributed by atoms with van der Waals surface area (Å²) in [6.45, 7) is 3.58. The number of nitro benzene ring substituents is 1. The molecule has 0 N–H and O–H groups in total. The number of nitrogens with zero attached hydrogens (tertiary/aromatic N) is 2. The first kappa shape index (κ1) is 12.0. The molecular weight excluding hydrogens is 236 g/mol. The summed E-state index contributed by atoms with van der Waals surface area (Å²) in [4.78, 5) is 34.9. The zero-order valence-electron chi connectivity index (χ0n) is 9.46. The summed E-state index contributed by atoms with van der Waals surface area (Å²) in [5, 5.41) is 10.7. The molecule has 6 nitrogen and oxygen atoms in total. The van der Waals surface area contributed by atoms with Gasteiger partial charge >= 0.3 is 0 Å². The Morgan fingerprint density at radius 1 is 1.44 bits per heavy atom. The fourth-order valence-electron chi connectivity index (χ4n) is 1.86. The third-order valence-corrected chi connectivity index (χ3v) is 2.73. The molecule has 1 aromatic rings. The predicted molar refractivity (Wildman–Crippen MR) is 63.0 cm³/mol. The van der Waals surface area contributed by atoms with Gasteiger partial charge in [-0.1, -0.05) is 12.1 Å². The van der Waals surface area contributed by atoms with Crippen molar-refractivity contribution in [3.8, 4) is 0 Å². The van der Waals surface area contributed by atoms with Crippen LogP contribution in [0, 0.1) is 10.1 Å². The summed E-state index contributed by atoms with van der Waals surface area (Å²) in [6.07, 6.45) is 1.52. The van der Waals surface area contributed by atoms with E-state index in [1.165, 1.54) is 24.3 Å². The highest BCUT2D eigenvalue weighted by Crippen LogP contribution is 2.24. The molecule has 18 heavy (non-hydrogen) atoms. The Morgan fingerprint density at radius 3 is 2.78 bits per heavy atom. The maximum absolute atomic E-state index is 12.0. The summed E-state index contributed by atoms with van der Waals surface area (Å²) in [7, 11) is 0. The van der Waals surface area contributed by atoms with Crippen LogP contribution in [0.2, 0.25) is 0 Å². The second-order valence-corrected chi connectivity index (χ2v) is 3.87. The number of carbonyl (C=O) groups is 2. The van der Waals surface area contributed by atoms with Crippen molar-refractivity contribution in [2.75, 3.05) is 6.54 Å². The number of non-ortho nitro benzene ring substituents is 1. The van der Waals surface area contributed by atoms with Crippen LogP contribution in [0.1, 0.15) is 15.9 Å². The molecule has 6 heteroatoms. The smallest absolute Gasteiger partial charge is 0.270 e. The number of rotatable bonds is 3. The quantitative estimate of drug-likeness (QED) is 0.348. The van der Waals surface area contributed by atoms with Crippen LogP contribution in [0.25, 0.3) is 0 Å². The van der Waals surface area contributed by atoms with E-state index in [4.69, 9.17) is 0 Å². The molecule has 0 fully saturated rings. The van der Waals surface area contributed by atoms with Gasteiger partial charge < -0.3 is 0 Å². The summed E-state index contributed by atoms with van der Waals surface area (Å²) >= 11 is 0. The third kappa shape index (κ3) is 1.88. The number of carbonyl (C=O) groups excluding carboxylic acids is 2. The van der Waals surface area contributed by atoms with Crippen LogP contribution in [0.3, 0.4) is 0 Å². The Balaban J connectivity index is 2.48. The average molecular weight is 246 g/mol. The molecule has 0 aromatic heterocycles. The topological polar surface area (TPSA) is 80.5 Å². The van der Waals surface area contributed by atoms with E-state index in [1.54, 1.807) is 0 Å². The number of hydrogen-bond acceptors (Lipinski definition) is 4. The molecule has 1 aliphatic heterocycles. The molecule has 0 spiro atoms. The lowest BCUT2D eigenvalue weighted by Crippen LogP contribution is -2.42. The second kappa shape index (κ2) is 4.40. The lowest BCUT2D eigenvalue weighted by Gasteiger charge is -2.25. The zero-order chi connectivity index (χ0) is 13.3. The molecule has 2 amide bonds. The lowest BCUT2D eigenvalue weighted by atomic mass is 9.98. The van der Waals surface area contributed by atoms with E-state index in [1.807, 2.05) is 0 Å². The average Bonchev–Trinajstić information content (AvgIpc) is 2.34. The van der Waals surface area contributed by atoms with Crippen LogP contribution in [0.15, 0.2) is 30.9 Å². The van der Waals surface area contributed by atoms with Gasteiger partial charge in [-0.3, -0.25) is 24.6 Å². The van der Waals surface area contributed by atoms with E-state index in [-0.39, 0.29) is 30.1 Å². The molecule has 2 rings (SSSR count). The van der Waals surface area contributed by atoms with Crippen LogP contribution < -0.4 is 0 Å². The Bertz CT molecular complexity index is 565. The highest BCUT2D eigenvalue weighted by Gasteiger charge is 2.31. The van der Waals surface area contributed by atoms with Gasteiger partial charge in [0.05, 0.1) is 16.9 Å². The largest absolute Gasteiger partial charge is 0.274 e. The Hall–Kier alpha value is -2.50. The predicted octanol–water partition coefficient (Wildman–Crippen LogP) is 1.31. The van der Waals surface area contributed by atoms with E-state index < -0.39 is 10.8 Å². The Morgan fingerprint density at radius 2 is 2.17 bits per heavy atom. The van der Waals surface area contributed by atoms with Crippen LogP contribution in [0.5, 0.6) is 0 Å². The molecule has 0 unspecified atom stereocenters. The second-order valence-electron chi connectivity index (χ2n) is 3.87. The fraction of sp³-hybridized carbons (Fsp3) is 0.167. The van der Waals surface area contributed by atoms with Crippen molar-refractivity contribution in [3.63, 3.8) is 0 Å². The highest BCUT2D eigenvalue weighted by molar-refractivity contribution is 6.10. The van der Waals surface area contributed by atoms with Crippen LogP contribution in [-0.4, -0.2) is 28.2 Å². The van der Waals surface area contributed by atoms with Gasteiger partial charge in [0, 0.05) is 18.7 Å². The van der Waals surface area contributed by atoms with Crippen molar-refractivity contribution in [2.45, 2.75) is 6.42 Å².